The minimum Gasteiger partial charge on any atom is -0.354 e. The molecule has 1 fully saturated rings. The standard InChI is InChI=1S/C23H27N5O/c1-17-18(2)25-22(26-23(17)29)20-8-9-21(24-16-20)28-14-12-27(13-15-28)11-10-19-6-4-3-5-7-19/h3-9,16H,10-15H2,1-2H3,(H,25,26,29). The number of hydrogen-bond donors (Lipinski definition) is 1. The highest BCUT2D eigenvalue weighted by Crippen LogP contribution is 2.19. The van der Waals surface area contributed by atoms with Gasteiger partial charge in [-0.2, -0.15) is 0 Å². The fraction of sp³-hybridized carbons (Fsp3) is 0.348. The monoisotopic (exact) mass is 389 g/mol. The largest absolute Gasteiger partial charge is 0.354 e. The lowest BCUT2D eigenvalue weighted by Crippen LogP contribution is -2.47. The minimum absolute atomic E-state index is 0.0943. The van der Waals surface area contributed by atoms with E-state index in [0.29, 0.717) is 11.4 Å². The van der Waals surface area contributed by atoms with E-state index in [0.717, 1.165) is 56.2 Å². The van der Waals surface area contributed by atoms with Gasteiger partial charge in [0.15, 0.2) is 0 Å². The van der Waals surface area contributed by atoms with Gasteiger partial charge in [0, 0.05) is 55.7 Å². The number of hydrogen-bond acceptors (Lipinski definition) is 5. The molecule has 0 bridgehead atoms. The third kappa shape index (κ3) is 4.54. The summed E-state index contributed by atoms with van der Waals surface area (Å²) in [7, 11) is 0. The third-order valence-corrected chi connectivity index (χ3v) is 5.67. The number of benzene rings is 1. The fourth-order valence-electron chi connectivity index (χ4n) is 3.63. The minimum atomic E-state index is -0.0943. The lowest BCUT2D eigenvalue weighted by molar-refractivity contribution is 0.260. The molecular formula is C23H27N5O. The van der Waals surface area contributed by atoms with E-state index in [1.165, 1.54) is 5.56 Å². The van der Waals surface area contributed by atoms with E-state index in [9.17, 15) is 4.79 Å². The van der Waals surface area contributed by atoms with Crippen LogP contribution in [0.1, 0.15) is 16.8 Å². The first-order chi connectivity index (χ1) is 14.1. The van der Waals surface area contributed by atoms with Crippen molar-refractivity contribution in [2.45, 2.75) is 20.3 Å². The van der Waals surface area contributed by atoms with Gasteiger partial charge in [0.05, 0.1) is 0 Å². The molecule has 1 N–H and O–H groups in total. The number of aryl methyl sites for hydroxylation is 1. The zero-order valence-electron chi connectivity index (χ0n) is 17.1. The summed E-state index contributed by atoms with van der Waals surface area (Å²) in [6.45, 7) is 8.76. The van der Waals surface area contributed by atoms with Crippen LogP contribution in [0.15, 0.2) is 53.5 Å². The van der Waals surface area contributed by atoms with Crippen LogP contribution in [0.25, 0.3) is 11.4 Å². The average molecular weight is 390 g/mol. The number of aromatic nitrogens is 3. The summed E-state index contributed by atoms with van der Waals surface area (Å²) in [6.07, 6.45) is 2.89. The van der Waals surface area contributed by atoms with Crippen LogP contribution in [-0.2, 0) is 6.42 Å². The topological polar surface area (TPSA) is 65.1 Å². The molecule has 0 radical (unpaired) electrons. The number of nitrogens with one attached hydrogen (secondary N) is 1. The smallest absolute Gasteiger partial charge is 0.254 e. The van der Waals surface area contributed by atoms with E-state index in [1.54, 1.807) is 13.1 Å². The van der Waals surface area contributed by atoms with Gasteiger partial charge < -0.3 is 9.88 Å². The summed E-state index contributed by atoms with van der Waals surface area (Å²) < 4.78 is 0. The number of anilines is 1. The van der Waals surface area contributed by atoms with Crippen LogP contribution in [0.2, 0.25) is 0 Å². The summed E-state index contributed by atoms with van der Waals surface area (Å²) in [5.41, 5.74) is 3.53. The normalized spacial score (nSPS) is 14.9. The molecular weight excluding hydrogens is 362 g/mol. The summed E-state index contributed by atoms with van der Waals surface area (Å²) in [6, 6.07) is 14.7. The van der Waals surface area contributed by atoms with Crippen molar-refractivity contribution in [2.24, 2.45) is 0 Å². The van der Waals surface area contributed by atoms with Crippen molar-refractivity contribution in [3.63, 3.8) is 0 Å². The highest BCUT2D eigenvalue weighted by atomic mass is 16.1. The van der Waals surface area contributed by atoms with E-state index >= 15 is 0 Å². The first-order valence-electron chi connectivity index (χ1n) is 10.2. The van der Waals surface area contributed by atoms with Gasteiger partial charge in [-0.15, -0.1) is 0 Å². The quantitative estimate of drug-likeness (QED) is 0.727. The molecule has 0 amide bonds. The number of pyridine rings is 1. The maximum atomic E-state index is 12.0. The van der Waals surface area contributed by atoms with Crippen molar-refractivity contribution in [3.05, 3.63) is 75.8 Å². The van der Waals surface area contributed by atoms with Gasteiger partial charge in [0.2, 0.25) is 0 Å². The second kappa shape index (κ2) is 8.57. The summed E-state index contributed by atoms with van der Waals surface area (Å²) >= 11 is 0. The van der Waals surface area contributed by atoms with Gasteiger partial charge in [-0.25, -0.2) is 9.97 Å². The van der Waals surface area contributed by atoms with Gasteiger partial charge in [-0.3, -0.25) is 9.69 Å². The predicted octanol–water partition coefficient (Wildman–Crippen LogP) is 2.81. The zero-order chi connectivity index (χ0) is 20.2. The second-order valence-electron chi connectivity index (χ2n) is 7.59. The molecule has 0 atom stereocenters. The van der Waals surface area contributed by atoms with Gasteiger partial charge in [-0.1, -0.05) is 30.3 Å². The van der Waals surface area contributed by atoms with Crippen molar-refractivity contribution in [1.29, 1.82) is 0 Å². The fourth-order valence-corrected chi connectivity index (χ4v) is 3.63. The molecule has 29 heavy (non-hydrogen) atoms. The van der Waals surface area contributed by atoms with Gasteiger partial charge in [0.1, 0.15) is 11.6 Å². The Morgan fingerprint density at radius 1 is 1.00 bits per heavy atom. The van der Waals surface area contributed by atoms with E-state index in [-0.39, 0.29) is 5.56 Å². The van der Waals surface area contributed by atoms with Gasteiger partial charge in [-0.05, 0) is 38.0 Å². The van der Waals surface area contributed by atoms with E-state index < -0.39 is 0 Å². The molecule has 3 aromatic rings. The Kier molecular flexibility index (Phi) is 5.71. The van der Waals surface area contributed by atoms with Crippen LogP contribution >= 0.6 is 0 Å². The number of H-pyrrole nitrogens is 1. The molecule has 0 spiro atoms. The number of piperazine rings is 1. The third-order valence-electron chi connectivity index (χ3n) is 5.67. The van der Waals surface area contributed by atoms with Crippen LogP contribution in [0.3, 0.4) is 0 Å². The lowest BCUT2D eigenvalue weighted by Gasteiger charge is -2.35. The summed E-state index contributed by atoms with van der Waals surface area (Å²) in [4.78, 5) is 28.8. The molecule has 1 saturated heterocycles. The lowest BCUT2D eigenvalue weighted by atomic mass is 10.1. The summed E-state index contributed by atoms with van der Waals surface area (Å²) in [5, 5.41) is 0. The Balaban J connectivity index is 1.35. The Labute approximate surface area is 171 Å². The molecule has 0 unspecified atom stereocenters. The first kappa shape index (κ1) is 19.3. The van der Waals surface area contributed by atoms with E-state index in [1.807, 2.05) is 19.1 Å². The Morgan fingerprint density at radius 2 is 1.76 bits per heavy atom. The molecule has 1 aliphatic heterocycles. The highest BCUT2D eigenvalue weighted by Gasteiger charge is 2.18. The summed E-state index contributed by atoms with van der Waals surface area (Å²) in [5.74, 6) is 1.55. The number of aromatic amines is 1. The Hall–Kier alpha value is -2.99. The molecule has 3 heterocycles. The Morgan fingerprint density at radius 3 is 2.41 bits per heavy atom. The predicted molar refractivity (Wildman–Crippen MR) is 116 cm³/mol. The molecule has 1 aliphatic rings. The van der Waals surface area contributed by atoms with E-state index in [2.05, 4.69) is 55.1 Å². The maximum Gasteiger partial charge on any atom is 0.254 e. The molecule has 0 saturated carbocycles. The first-order valence-corrected chi connectivity index (χ1v) is 10.2. The van der Waals surface area contributed by atoms with Crippen molar-refractivity contribution in [2.75, 3.05) is 37.6 Å². The van der Waals surface area contributed by atoms with E-state index in [4.69, 9.17) is 0 Å². The second-order valence-corrected chi connectivity index (χ2v) is 7.59. The van der Waals surface area contributed by atoms with Crippen molar-refractivity contribution in [3.8, 4) is 11.4 Å². The molecule has 2 aromatic heterocycles. The van der Waals surface area contributed by atoms with Crippen LogP contribution in [-0.4, -0.2) is 52.6 Å². The molecule has 4 rings (SSSR count). The SMILES string of the molecule is Cc1nc(-c2ccc(N3CCN(CCc4ccccc4)CC3)nc2)[nH]c(=O)c1C. The highest BCUT2D eigenvalue weighted by molar-refractivity contribution is 5.56. The number of rotatable bonds is 5. The molecule has 150 valence electrons. The molecule has 6 heteroatoms. The molecule has 6 nitrogen and oxygen atoms in total. The van der Waals surface area contributed by atoms with Crippen LogP contribution in [0.4, 0.5) is 5.82 Å². The van der Waals surface area contributed by atoms with Crippen LogP contribution < -0.4 is 10.5 Å². The number of nitrogens with zero attached hydrogens (tertiary/aromatic N) is 4. The molecule has 1 aromatic carbocycles. The Bertz CT molecular complexity index is 1010. The van der Waals surface area contributed by atoms with Crippen molar-refractivity contribution in [1.82, 2.24) is 19.9 Å². The molecule has 0 aliphatic carbocycles. The van der Waals surface area contributed by atoms with Crippen molar-refractivity contribution >= 4 is 5.82 Å². The zero-order valence-corrected chi connectivity index (χ0v) is 17.1. The average Bonchev–Trinajstić information content (AvgIpc) is 2.77. The maximum absolute atomic E-state index is 12.0. The van der Waals surface area contributed by atoms with Gasteiger partial charge >= 0.3 is 0 Å². The van der Waals surface area contributed by atoms with Crippen LogP contribution in [0.5, 0.6) is 0 Å². The van der Waals surface area contributed by atoms with Gasteiger partial charge in [0.25, 0.3) is 5.56 Å². The van der Waals surface area contributed by atoms with Crippen molar-refractivity contribution < 1.29 is 0 Å². The van der Waals surface area contributed by atoms with Crippen LogP contribution in [0, 0.1) is 13.8 Å².